The second-order valence-electron chi connectivity index (χ2n) is 6.42. The molecular weight excluding hydrogens is 294 g/mol. The summed E-state index contributed by atoms with van der Waals surface area (Å²) in [7, 11) is 2.20. The maximum absolute atomic E-state index is 4.80. The molecule has 2 atom stereocenters. The number of hydrogen-bond donors (Lipinski definition) is 2. The zero-order chi connectivity index (χ0) is 15.8. The van der Waals surface area contributed by atoms with Crippen LogP contribution in [0.1, 0.15) is 26.7 Å². The van der Waals surface area contributed by atoms with Crippen LogP contribution in [0.5, 0.6) is 0 Å². The molecule has 0 bridgehead atoms. The summed E-state index contributed by atoms with van der Waals surface area (Å²) in [6.07, 6.45) is 2.71. The summed E-state index contributed by atoms with van der Waals surface area (Å²) in [6.45, 7) is 11.9. The minimum Gasteiger partial charge on any atom is -0.357 e. The first-order valence-electron chi connectivity index (χ1n) is 8.75. The molecule has 2 aliphatic rings. The highest BCUT2D eigenvalue weighted by molar-refractivity contribution is 8.00. The number of thioether (sulfide) groups is 1. The average Bonchev–Trinajstić information content (AvgIpc) is 3.04. The van der Waals surface area contributed by atoms with Crippen molar-refractivity contribution < 1.29 is 0 Å². The van der Waals surface area contributed by atoms with Crippen LogP contribution in [0.4, 0.5) is 0 Å². The van der Waals surface area contributed by atoms with Gasteiger partial charge in [-0.05, 0) is 39.5 Å². The van der Waals surface area contributed by atoms with Crippen LogP contribution in [-0.4, -0.2) is 85.7 Å². The van der Waals surface area contributed by atoms with Gasteiger partial charge in [0.15, 0.2) is 5.96 Å². The van der Waals surface area contributed by atoms with E-state index in [1.165, 1.54) is 31.7 Å². The highest BCUT2D eigenvalue weighted by atomic mass is 32.2. The fourth-order valence-corrected chi connectivity index (χ4v) is 4.16. The summed E-state index contributed by atoms with van der Waals surface area (Å²) in [5, 5.41) is 7.66. The van der Waals surface area contributed by atoms with Gasteiger partial charge in [-0.25, -0.2) is 0 Å². The van der Waals surface area contributed by atoms with Crippen molar-refractivity contribution in [3.63, 3.8) is 0 Å². The molecule has 2 aliphatic heterocycles. The first-order valence-corrected chi connectivity index (χ1v) is 9.80. The first kappa shape index (κ1) is 17.9. The van der Waals surface area contributed by atoms with E-state index in [9.17, 15) is 0 Å². The van der Waals surface area contributed by atoms with Crippen LogP contribution in [0.25, 0.3) is 0 Å². The minimum atomic E-state index is 0.519. The second kappa shape index (κ2) is 9.63. The third-order valence-corrected chi connectivity index (χ3v) is 5.94. The topological polar surface area (TPSA) is 42.9 Å². The summed E-state index contributed by atoms with van der Waals surface area (Å²) in [4.78, 5) is 9.75. The van der Waals surface area contributed by atoms with Crippen molar-refractivity contribution in [2.75, 3.05) is 58.6 Å². The van der Waals surface area contributed by atoms with E-state index >= 15 is 0 Å². The van der Waals surface area contributed by atoms with E-state index in [2.05, 4.69) is 53.1 Å². The molecule has 2 unspecified atom stereocenters. The van der Waals surface area contributed by atoms with E-state index in [4.69, 9.17) is 4.99 Å². The molecule has 0 aromatic carbocycles. The van der Waals surface area contributed by atoms with Crippen molar-refractivity contribution in [1.82, 2.24) is 20.4 Å². The number of nitrogens with zero attached hydrogens (tertiary/aromatic N) is 3. The number of rotatable bonds is 6. The van der Waals surface area contributed by atoms with Crippen LogP contribution in [0.2, 0.25) is 0 Å². The van der Waals surface area contributed by atoms with Crippen molar-refractivity contribution in [1.29, 1.82) is 0 Å². The van der Waals surface area contributed by atoms with Gasteiger partial charge in [0, 0.05) is 50.6 Å². The molecule has 2 fully saturated rings. The van der Waals surface area contributed by atoms with Gasteiger partial charge >= 0.3 is 0 Å². The number of guanidine groups is 1. The molecule has 0 saturated carbocycles. The summed E-state index contributed by atoms with van der Waals surface area (Å²) in [5.41, 5.74) is 0. The average molecular weight is 328 g/mol. The number of nitrogens with one attached hydrogen (secondary N) is 2. The molecule has 128 valence electrons. The number of likely N-dealkylation sites (N-methyl/N-ethyl adjacent to an activating group) is 1. The Bertz CT molecular complexity index is 335. The Hall–Kier alpha value is -0.460. The predicted molar refractivity (Wildman–Crippen MR) is 98.0 cm³/mol. The lowest BCUT2D eigenvalue weighted by atomic mass is 10.2. The van der Waals surface area contributed by atoms with Crippen molar-refractivity contribution in [2.45, 2.75) is 38.0 Å². The third kappa shape index (κ3) is 5.97. The van der Waals surface area contributed by atoms with Crippen LogP contribution < -0.4 is 10.6 Å². The van der Waals surface area contributed by atoms with Crippen LogP contribution >= 0.6 is 11.8 Å². The van der Waals surface area contributed by atoms with E-state index in [1.54, 1.807) is 0 Å². The minimum absolute atomic E-state index is 0.519. The Labute approximate surface area is 140 Å². The molecule has 0 aromatic heterocycles. The monoisotopic (exact) mass is 327 g/mol. The van der Waals surface area contributed by atoms with Gasteiger partial charge in [-0.2, -0.15) is 11.8 Å². The highest BCUT2D eigenvalue weighted by Gasteiger charge is 2.19. The molecule has 0 radical (unpaired) electrons. The standard InChI is InChI=1S/C16H33N5S/c1-4-17-16(19-13-15-6-5-11-22-15)18-12-14(2)21-9-7-20(3)8-10-21/h14-15H,4-13H2,1-3H3,(H2,17,18,19). The summed E-state index contributed by atoms with van der Waals surface area (Å²) in [6, 6.07) is 0.519. The van der Waals surface area contributed by atoms with E-state index < -0.39 is 0 Å². The number of aliphatic imine (C=N–C) groups is 1. The lowest BCUT2D eigenvalue weighted by Gasteiger charge is -2.35. The van der Waals surface area contributed by atoms with E-state index in [0.29, 0.717) is 6.04 Å². The Morgan fingerprint density at radius 1 is 1.27 bits per heavy atom. The van der Waals surface area contributed by atoms with Crippen molar-refractivity contribution >= 4 is 17.7 Å². The van der Waals surface area contributed by atoms with Crippen molar-refractivity contribution in [3.8, 4) is 0 Å². The van der Waals surface area contributed by atoms with E-state index in [-0.39, 0.29) is 0 Å². The van der Waals surface area contributed by atoms with Gasteiger partial charge in [-0.1, -0.05) is 0 Å². The van der Waals surface area contributed by atoms with Gasteiger partial charge in [0.2, 0.25) is 0 Å². The maximum Gasteiger partial charge on any atom is 0.191 e. The van der Waals surface area contributed by atoms with Gasteiger partial charge in [-0.3, -0.25) is 9.89 Å². The maximum atomic E-state index is 4.80. The fraction of sp³-hybridized carbons (Fsp3) is 0.938. The van der Waals surface area contributed by atoms with Crippen LogP contribution in [0.3, 0.4) is 0 Å². The van der Waals surface area contributed by atoms with E-state index in [1.807, 2.05) is 0 Å². The Balaban J connectivity index is 1.75. The Morgan fingerprint density at radius 3 is 2.68 bits per heavy atom. The lowest BCUT2D eigenvalue weighted by molar-refractivity contribution is 0.122. The molecule has 6 heteroatoms. The van der Waals surface area contributed by atoms with Gasteiger partial charge in [0.1, 0.15) is 0 Å². The van der Waals surface area contributed by atoms with Crippen LogP contribution in [0, 0.1) is 0 Å². The molecule has 0 amide bonds. The molecule has 22 heavy (non-hydrogen) atoms. The normalized spacial score (nSPS) is 26.1. The van der Waals surface area contributed by atoms with Crippen LogP contribution in [-0.2, 0) is 0 Å². The third-order valence-electron chi connectivity index (χ3n) is 4.54. The molecule has 2 N–H and O–H groups in total. The van der Waals surface area contributed by atoms with Crippen molar-refractivity contribution in [2.24, 2.45) is 4.99 Å². The lowest BCUT2D eigenvalue weighted by Crippen LogP contribution is -2.49. The Morgan fingerprint density at radius 2 is 2.05 bits per heavy atom. The van der Waals surface area contributed by atoms with Gasteiger partial charge < -0.3 is 15.5 Å². The Kier molecular flexibility index (Phi) is 7.83. The zero-order valence-electron chi connectivity index (χ0n) is 14.5. The quantitative estimate of drug-likeness (QED) is 0.564. The molecule has 0 aromatic rings. The summed E-state index contributed by atoms with van der Waals surface area (Å²) in [5.74, 6) is 2.30. The SMILES string of the molecule is CCNC(=NCC(C)N1CCN(C)CC1)NCC1CCCS1. The van der Waals surface area contributed by atoms with Crippen LogP contribution in [0.15, 0.2) is 4.99 Å². The largest absolute Gasteiger partial charge is 0.357 e. The molecule has 0 spiro atoms. The molecular formula is C16H33N5S. The second-order valence-corrected chi connectivity index (χ2v) is 7.83. The zero-order valence-corrected chi connectivity index (χ0v) is 15.3. The summed E-state index contributed by atoms with van der Waals surface area (Å²) < 4.78 is 0. The predicted octanol–water partition coefficient (Wildman–Crippen LogP) is 1.07. The van der Waals surface area contributed by atoms with Gasteiger partial charge in [0.25, 0.3) is 0 Å². The molecule has 0 aliphatic carbocycles. The highest BCUT2D eigenvalue weighted by Crippen LogP contribution is 2.25. The van der Waals surface area contributed by atoms with Gasteiger partial charge in [0.05, 0.1) is 6.54 Å². The molecule has 2 rings (SSSR count). The fourth-order valence-electron chi connectivity index (χ4n) is 2.96. The van der Waals surface area contributed by atoms with E-state index in [0.717, 1.165) is 43.9 Å². The molecule has 2 heterocycles. The van der Waals surface area contributed by atoms with Gasteiger partial charge in [-0.15, -0.1) is 0 Å². The summed E-state index contributed by atoms with van der Waals surface area (Å²) >= 11 is 2.09. The first-order chi connectivity index (χ1) is 10.7. The smallest absolute Gasteiger partial charge is 0.191 e. The van der Waals surface area contributed by atoms with Crippen molar-refractivity contribution in [3.05, 3.63) is 0 Å². The molecule has 5 nitrogen and oxygen atoms in total. The number of hydrogen-bond acceptors (Lipinski definition) is 4. The molecule has 2 saturated heterocycles. The number of piperazine rings is 1.